The first-order chi connectivity index (χ1) is 58.4. The van der Waals surface area contributed by atoms with Gasteiger partial charge in [0.15, 0.2) is 25.2 Å². The number of aliphatic hydroxyl groups excluding tert-OH is 15. The smallest absolute Gasteiger partial charge is 0.364 e. The van der Waals surface area contributed by atoms with E-state index in [4.69, 9.17) is 53.1 Å². The Balaban J connectivity index is 1.10. The van der Waals surface area contributed by atoms with Crippen LogP contribution in [0, 0.1) is 5.92 Å². The minimum absolute atomic E-state index is 0.0678. The zero-order valence-corrected chi connectivity index (χ0v) is 69.1. The van der Waals surface area contributed by atoms with E-state index in [1.54, 1.807) is 13.8 Å². The first-order valence-electron chi connectivity index (χ1n) is 40.5. The third-order valence-electron chi connectivity index (χ3n) is 22.6. The summed E-state index contributed by atoms with van der Waals surface area (Å²) in [5, 5.41) is 196. The highest BCUT2D eigenvalue weighted by Gasteiger charge is 2.62. The highest BCUT2D eigenvalue weighted by Crippen LogP contribution is 2.40. The van der Waals surface area contributed by atoms with Gasteiger partial charge in [-0.1, -0.05) is 13.8 Å². The van der Waals surface area contributed by atoms with E-state index in [1.807, 2.05) is 0 Å². The molecular formula is C73H118N12O39. The monoisotopic (exact) mass is 1790 g/mol. The number of carboxylic acids is 1. The zero-order valence-electron chi connectivity index (χ0n) is 69.1. The van der Waals surface area contributed by atoms with Gasteiger partial charge in [0.25, 0.3) is 5.79 Å². The van der Waals surface area contributed by atoms with Crippen molar-refractivity contribution < 1.29 is 191 Å². The fourth-order valence-electron chi connectivity index (χ4n) is 16.0. The molecule has 0 aromatic heterocycles. The van der Waals surface area contributed by atoms with E-state index < -0.39 is 337 Å². The number of carbonyl (C=O) groups is 13. The molecule has 17 unspecified atom stereocenters. The zero-order chi connectivity index (χ0) is 92.1. The summed E-state index contributed by atoms with van der Waals surface area (Å²) in [6.07, 6.45) is -49.2. The molecule has 34 atom stereocenters. The lowest BCUT2D eigenvalue weighted by Gasteiger charge is -2.51. The average Bonchev–Trinajstić information content (AvgIpc) is 0.976. The van der Waals surface area contributed by atoms with Gasteiger partial charge in [-0.05, 0) is 59.3 Å². The quantitative estimate of drug-likeness (QED) is 0.0275. The van der Waals surface area contributed by atoms with Gasteiger partial charge in [0, 0.05) is 52.7 Å². The first kappa shape index (κ1) is 102. The number of amides is 12. The summed E-state index contributed by atoms with van der Waals surface area (Å²) in [7, 11) is 0. The van der Waals surface area contributed by atoms with Crippen LogP contribution in [0.4, 0.5) is 0 Å². The molecule has 0 aromatic carbocycles. The van der Waals surface area contributed by atoms with Gasteiger partial charge in [-0.25, -0.2) is 4.79 Å². The molecule has 124 heavy (non-hydrogen) atoms. The molecular weight excluding hydrogens is 1670 g/mol. The van der Waals surface area contributed by atoms with Crippen LogP contribution < -0.4 is 48.3 Å². The van der Waals surface area contributed by atoms with Crippen molar-refractivity contribution in [3.8, 4) is 0 Å². The molecule has 704 valence electrons. The number of nitrogens with one attached hydrogen (secondary N) is 8. The lowest BCUT2D eigenvalue weighted by Crippen LogP contribution is -2.71. The van der Waals surface area contributed by atoms with Crippen LogP contribution in [0.2, 0.25) is 0 Å². The van der Waals surface area contributed by atoms with Crippen molar-refractivity contribution >= 4 is 76.9 Å². The number of ether oxygens (including phenoxy) is 10. The van der Waals surface area contributed by atoms with Crippen molar-refractivity contribution in [1.29, 1.82) is 0 Å². The van der Waals surface area contributed by atoms with Gasteiger partial charge in [-0.3, -0.25) is 57.5 Å². The van der Waals surface area contributed by atoms with Gasteiger partial charge in [0.2, 0.25) is 70.9 Å². The molecule has 0 aromatic rings. The second kappa shape index (κ2) is 44.7. The number of primary amides is 1. The van der Waals surface area contributed by atoms with Gasteiger partial charge in [0.05, 0.1) is 64.4 Å². The third-order valence-corrected chi connectivity index (χ3v) is 22.6. The SMILES string of the molecule is CC(=O)NC1[C@H](OCC2O[C@H](OC(C)C(NC(=O)C(CO)NC(=O)CNC(=O)C3CCCN3C(=O)C(C)C)C(=O)NC(C)C(=O)N3CCCC3C(=O)N3CCCC3C(=O)NC(C)C(N)=O)C(NC(C)=O)[C@@H](O[C@@H]3OC(CO)[C@H](O)[C@H](O)C3O)[C@H]2O)OC(CO)[C@@H](O[C@@H]2OC(CO)[C@H](O)[C@H](O[C@]3(C(=O)O)C[C@@H](O)[C@@H](NC(C)=O)C([C@H](O)[C@H](O)CO)O3)C2O)[C@@H]1O. The number of aliphatic hydroxyl groups is 15. The summed E-state index contributed by atoms with van der Waals surface area (Å²) in [5.41, 5.74) is 5.37. The minimum Gasteiger partial charge on any atom is -0.477 e. The largest absolute Gasteiger partial charge is 0.477 e. The van der Waals surface area contributed by atoms with Crippen molar-refractivity contribution in [3.63, 3.8) is 0 Å². The summed E-state index contributed by atoms with van der Waals surface area (Å²) in [5.74, 6) is -16.7. The maximum Gasteiger partial charge on any atom is 0.364 e. The standard InChI is InChI=1S/C73H118N12O39/c1-26(2)65(110)83-15-9-12-34(83)62(107)75-19-43(96)81-33(20-86)61(106)82-44(64(109)77-28(4)66(111)85-17-11-14-36(85)67(112)84-16-10-13-35(84)63(108)76-27(3)60(74)105)29(5)116-69-47(80-32(8)93)57(122-70-54(103)53(102)49(98)39(22-88)117-70)51(100)42(120-69)25-115-68-46(79-31(7)92)52(101)56(41(24-90)119-68)121-71-55(104)59(50(99)40(23-89)118-71)124-73(72(113)114)18-37(94)45(78-30(6)91)58(123-73)48(97)38(95)21-87/h26-29,33-42,44-59,68-71,86-90,94-95,97-104H,9-25H2,1-8H3,(H2,74,105)(H,75,107)(H,76,108)(H,77,109)(H,78,91)(H,79,92)(H,80,93)(H,81,96)(H,82,106)(H,113,114)/t27?,28?,29?,33?,34?,35?,36?,37-,38-,39?,40?,41?,42?,44?,45-,46?,47?,48-,49+,50+,51+,52-,53+,54?,55?,56-,57-,58?,59+,68-,69+,70+,71+,73+/m1/s1. The average molecular weight is 1790 g/mol. The molecule has 51 nitrogen and oxygen atoms in total. The van der Waals surface area contributed by atoms with Crippen LogP contribution in [0.5, 0.6) is 0 Å². The van der Waals surface area contributed by atoms with Crippen molar-refractivity contribution in [3.05, 3.63) is 0 Å². The van der Waals surface area contributed by atoms with E-state index in [-0.39, 0.29) is 51.2 Å². The maximum absolute atomic E-state index is 15.2. The van der Waals surface area contributed by atoms with Crippen LogP contribution in [0.25, 0.3) is 0 Å². The molecule has 51 heteroatoms. The predicted octanol–water partition coefficient (Wildman–Crippen LogP) is -15.7. The molecule has 0 saturated carbocycles. The number of nitrogens with zero attached hydrogens (tertiary/aromatic N) is 3. The number of carboxylic acid groups (broad SMARTS) is 1. The highest BCUT2D eigenvalue weighted by atomic mass is 16.8. The third kappa shape index (κ3) is 23.9. The van der Waals surface area contributed by atoms with Crippen LogP contribution in [0.1, 0.15) is 100 Å². The van der Waals surface area contributed by atoms with Gasteiger partial charge in [0.1, 0.15) is 158 Å². The van der Waals surface area contributed by atoms with Crippen molar-refractivity contribution in [1.82, 2.24) is 57.2 Å². The van der Waals surface area contributed by atoms with E-state index in [2.05, 4.69) is 42.5 Å². The van der Waals surface area contributed by atoms with Crippen LogP contribution in [-0.4, -0.2) is 446 Å². The Morgan fingerprint density at radius 1 is 0.516 bits per heavy atom. The highest BCUT2D eigenvalue weighted by molar-refractivity contribution is 5.98. The molecule has 8 fully saturated rings. The number of carbonyl (C=O) groups excluding carboxylic acids is 12. The minimum atomic E-state index is -3.28. The number of hydrogen-bond donors (Lipinski definition) is 25. The molecule has 0 bridgehead atoms. The van der Waals surface area contributed by atoms with Crippen molar-refractivity contribution in [2.24, 2.45) is 11.7 Å². The molecule has 0 spiro atoms. The molecule has 8 saturated heterocycles. The van der Waals surface area contributed by atoms with Crippen molar-refractivity contribution in [2.75, 3.05) is 65.8 Å². The van der Waals surface area contributed by atoms with E-state index in [1.165, 1.54) is 23.6 Å². The van der Waals surface area contributed by atoms with E-state index in [0.717, 1.165) is 32.6 Å². The number of nitrogens with two attached hydrogens (primary N) is 1. The number of aliphatic carboxylic acids is 1. The van der Waals surface area contributed by atoms with Crippen molar-refractivity contribution in [2.45, 2.75) is 308 Å². The predicted molar refractivity (Wildman–Crippen MR) is 404 cm³/mol. The Morgan fingerprint density at radius 3 is 1.60 bits per heavy atom. The van der Waals surface area contributed by atoms with E-state index in [9.17, 15) is 139 Å². The summed E-state index contributed by atoms with van der Waals surface area (Å²) in [4.78, 5) is 180. The van der Waals surface area contributed by atoms with Crippen LogP contribution in [0.3, 0.4) is 0 Å². The van der Waals surface area contributed by atoms with Gasteiger partial charge in [-0.2, -0.15) is 0 Å². The molecule has 0 aliphatic carbocycles. The Hall–Kier alpha value is -7.89. The lowest BCUT2D eigenvalue weighted by atomic mass is 9.88. The fourth-order valence-corrected chi connectivity index (χ4v) is 16.0. The molecule has 8 heterocycles. The Morgan fingerprint density at radius 2 is 1.04 bits per heavy atom. The maximum atomic E-state index is 15.2. The lowest BCUT2D eigenvalue weighted by molar-refractivity contribution is -0.383. The summed E-state index contributed by atoms with van der Waals surface area (Å²) >= 11 is 0. The molecule has 0 radical (unpaired) electrons. The molecule has 26 N–H and O–H groups in total. The first-order valence-corrected chi connectivity index (χ1v) is 40.5. The summed E-state index contributed by atoms with van der Waals surface area (Å²) in [6.45, 7) is 2.13. The Kier molecular flexibility index (Phi) is 36.6. The second-order valence-electron chi connectivity index (χ2n) is 32.0. The molecule has 12 amide bonds. The van der Waals surface area contributed by atoms with Gasteiger partial charge in [-0.15, -0.1) is 0 Å². The van der Waals surface area contributed by atoms with E-state index >= 15 is 4.79 Å². The number of hydrogen-bond acceptors (Lipinski definition) is 38. The molecule has 8 aliphatic rings. The Bertz CT molecular complexity index is 3710. The fraction of sp³-hybridized carbons (Fsp3) is 0.822. The number of likely N-dealkylation sites (tertiary alicyclic amines) is 3. The van der Waals surface area contributed by atoms with Gasteiger partial charge < -0.3 is 192 Å². The summed E-state index contributed by atoms with van der Waals surface area (Å²) in [6, 6.07) is -15.9. The Labute approximate surface area is 708 Å². The van der Waals surface area contributed by atoms with Crippen LogP contribution >= 0.6 is 0 Å². The molecule has 8 rings (SSSR count). The normalized spacial score (nSPS) is 35.6. The van der Waals surface area contributed by atoms with Crippen LogP contribution in [0.15, 0.2) is 0 Å². The summed E-state index contributed by atoms with van der Waals surface area (Å²) < 4.78 is 59.9. The number of rotatable bonds is 37. The van der Waals surface area contributed by atoms with Crippen LogP contribution in [-0.2, 0) is 110 Å². The topological polar surface area (TPSA) is 770 Å². The van der Waals surface area contributed by atoms with Gasteiger partial charge >= 0.3 is 5.97 Å². The molecule has 8 aliphatic heterocycles. The van der Waals surface area contributed by atoms with E-state index in [0.29, 0.717) is 12.8 Å². The second-order valence-corrected chi connectivity index (χ2v) is 32.0.